The smallest absolute Gasteiger partial charge is 0.213 e. The lowest BCUT2D eigenvalue weighted by molar-refractivity contribution is 0.232. The molecule has 0 aliphatic heterocycles. The van der Waals surface area contributed by atoms with Gasteiger partial charge >= 0.3 is 0 Å². The molecule has 1 rings (SSSR count). The maximum atomic E-state index is 5.50. The highest BCUT2D eigenvalue weighted by Crippen LogP contribution is 2.13. The molecule has 1 aromatic heterocycles. The fourth-order valence-electron chi connectivity index (χ4n) is 1.25. The van der Waals surface area contributed by atoms with E-state index in [9.17, 15) is 0 Å². The summed E-state index contributed by atoms with van der Waals surface area (Å²) in [6.07, 6.45) is 0.178. The van der Waals surface area contributed by atoms with Crippen molar-refractivity contribution < 1.29 is 4.74 Å². The number of ether oxygens (including phenoxy) is 1. The fraction of sp³-hybridized carbons (Fsp3) is 0.545. The third-order valence-corrected chi connectivity index (χ3v) is 1.89. The molecule has 0 saturated carbocycles. The molecule has 0 aliphatic carbocycles. The van der Waals surface area contributed by atoms with E-state index in [4.69, 9.17) is 4.74 Å². The van der Waals surface area contributed by atoms with Gasteiger partial charge in [0.15, 0.2) is 0 Å². The minimum atomic E-state index is 0.178. The second-order valence-corrected chi connectivity index (χ2v) is 3.59. The topological polar surface area (TPSA) is 34.1 Å². The van der Waals surface area contributed by atoms with Crippen molar-refractivity contribution in [3.63, 3.8) is 0 Å². The van der Waals surface area contributed by atoms with E-state index in [0.717, 1.165) is 12.2 Å². The number of nitrogens with one attached hydrogen (secondary N) is 1. The molecule has 0 aliphatic rings. The maximum Gasteiger partial charge on any atom is 0.213 e. The Kier molecular flexibility index (Phi) is 3.89. The SMILES string of the molecule is CNCc1ccc(OC(C)C)nc1C. The second-order valence-electron chi connectivity index (χ2n) is 3.59. The van der Waals surface area contributed by atoms with Gasteiger partial charge < -0.3 is 10.1 Å². The highest BCUT2D eigenvalue weighted by Gasteiger charge is 2.02. The first-order valence-corrected chi connectivity index (χ1v) is 4.91. The Labute approximate surface area is 85.5 Å². The van der Waals surface area contributed by atoms with Gasteiger partial charge in [0.2, 0.25) is 5.88 Å². The van der Waals surface area contributed by atoms with Gasteiger partial charge in [-0.25, -0.2) is 4.98 Å². The molecule has 3 heteroatoms. The van der Waals surface area contributed by atoms with Gasteiger partial charge in [-0.05, 0) is 33.4 Å². The molecule has 1 N–H and O–H groups in total. The van der Waals surface area contributed by atoms with Gasteiger partial charge in [-0.15, -0.1) is 0 Å². The van der Waals surface area contributed by atoms with E-state index in [-0.39, 0.29) is 6.10 Å². The molecular weight excluding hydrogens is 176 g/mol. The highest BCUT2D eigenvalue weighted by molar-refractivity contribution is 5.24. The lowest BCUT2D eigenvalue weighted by atomic mass is 10.2. The summed E-state index contributed by atoms with van der Waals surface area (Å²) < 4.78 is 5.50. The Balaban J connectivity index is 2.78. The van der Waals surface area contributed by atoms with Crippen LogP contribution in [-0.2, 0) is 6.54 Å². The number of hydrogen-bond acceptors (Lipinski definition) is 3. The second kappa shape index (κ2) is 4.96. The van der Waals surface area contributed by atoms with Crippen molar-refractivity contribution in [1.29, 1.82) is 0 Å². The van der Waals surface area contributed by atoms with Crippen LogP contribution in [0.2, 0.25) is 0 Å². The number of aromatic nitrogens is 1. The zero-order valence-corrected chi connectivity index (χ0v) is 9.29. The summed E-state index contributed by atoms with van der Waals surface area (Å²) in [6, 6.07) is 3.97. The Morgan fingerprint density at radius 1 is 1.43 bits per heavy atom. The van der Waals surface area contributed by atoms with Crippen LogP contribution in [0.25, 0.3) is 0 Å². The maximum absolute atomic E-state index is 5.50. The fourth-order valence-corrected chi connectivity index (χ4v) is 1.25. The lowest BCUT2D eigenvalue weighted by Crippen LogP contribution is -2.10. The van der Waals surface area contributed by atoms with Crippen LogP contribution in [0, 0.1) is 6.92 Å². The van der Waals surface area contributed by atoms with E-state index in [1.54, 1.807) is 0 Å². The normalized spacial score (nSPS) is 10.6. The molecule has 0 unspecified atom stereocenters. The van der Waals surface area contributed by atoms with Crippen LogP contribution in [0.1, 0.15) is 25.1 Å². The molecule has 0 spiro atoms. The molecular formula is C11H18N2O. The summed E-state index contributed by atoms with van der Waals surface area (Å²) in [6.45, 7) is 6.84. The van der Waals surface area contributed by atoms with Crippen molar-refractivity contribution >= 4 is 0 Å². The average molecular weight is 194 g/mol. The van der Waals surface area contributed by atoms with Crippen molar-refractivity contribution in [2.45, 2.75) is 33.4 Å². The van der Waals surface area contributed by atoms with Crippen LogP contribution in [0.15, 0.2) is 12.1 Å². The summed E-state index contributed by atoms with van der Waals surface area (Å²) in [4.78, 5) is 4.37. The van der Waals surface area contributed by atoms with E-state index >= 15 is 0 Å². The summed E-state index contributed by atoms with van der Waals surface area (Å²) in [5.74, 6) is 0.706. The summed E-state index contributed by atoms with van der Waals surface area (Å²) in [5, 5.41) is 3.10. The molecule has 0 bridgehead atoms. The molecule has 14 heavy (non-hydrogen) atoms. The highest BCUT2D eigenvalue weighted by atomic mass is 16.5. The van der Waals surface area contributed by atoms with Crippen molar-refractivity contribution in [2.24, 2.45) is 0 Å². The largest absolute Gasteiger partial charge is 0.475 e. The van der Waals surface area contributed by atoms with Gasteiger partial charge in [0.25, 0.3) is 0 Å². The average Bonchev–Trinajstić information content (AvgIpc) is 2.09. The van der Waals surface area contributed by atoms with Crippen LogP contribution in [-0.4, -0.2) is 18.1 Å². The summed E-state index contributed by atoms with van der Waals surface area (Å²) >= 11 is 0. The number of pyridine rings is 1. The minimum absolute atomic E-state index is 0.178. The molecule has 3 nitrogen and oxygen atoms in total. The van der Waals surface area contributed by atoms with Gasteiger partial charge in [-0.1, -0.05) is 6.07 Å². The lowest BCUT2D eigenvalue weighted by Gasteiger charge is -2.11. The van der Waals surface area contributed by atoms with Crippen molar-refractivity contribution in [1.82, 2.24) is 10.3 Å². The minimum Gasteiger partial charge on any atom is -0.475 e. The van der Waals surface area contributed by atoms with E-state index in [0.29, 0.717) is 5.88 Å². The van der Waals surface area contributed by atoms with Crippen LogP contribution in [0.3, 0.4) is 0 Å². The number of rotatable bonds is 4. The third kappa shape index (κ3) is 3.00. The molecule has 0 atom stereocenters. The number of aryl methyl sites for hydroxylation is 1. The third-order valence-electron chi connectivity index (χ3n) is 1.89. The molecule has 0 amide bonds. The Morgan fingerprint density at radius 3 is 2.64 bits per heavy atom. The molecule has 0 aromatic carbocycles. The summed E-state index contributed by atoms with van der Waals surface area (Å²) in [7, 11) is 1.93. The van der Waals surface area contributed by atoms with E-state index in [1.165, 1.54) is 5.56 Å². The van der Waals surface area contributed by atoms with Crippen molar-refractivity contribution in [3.8, 4) is 5.88 Å². The monoisotopic (exact) mass is 194 g/mol. The van der Waals surface area contributed by atoms with E-state index < -0.39 is 0 Å². The predicted molar refractivity (Wildman–Crippen MR) is 57.5 cm³/mol. The van der Waals surface area contributed by atoms with Crippen LogP contribution >= 0.6 is 0 Å². The van der Waals surface area contributed by atoms with Crippen LogP contribution in [0.4, 0.5) is 0 Å². The van der Waals surface area contributed by atoms with Crippen LogP contribution in [0.5, 0.6) is 5.88 Å². The van der Waals surface area contributed by atoms with Crippen molar-refractivity contribution in [2.75, 3.05) is 7.05 Å². The molecule has 78 valence electrons. The van der Waals surface area contributed by atoms with E-state index in [1.807, 2.05) is 33.9 Å². The zero-order chi connectivity index (χ0) is 10.6. The standard InChI is InChI=1S/C11H18N2O/c1-8(2)14-11-6-5-10(7-12-4)9(3)13-11/h5-6,8,12H,7H2,1-4H3. The predicted octanol–water partition coefficient (Wildman–Crippen LogP) is 1.90. The Bertz CT molecular complexity index is 297. The van der Waals surface area contributed by atoms with Gasteiger partial charge in [0.1, 0.15) is 0 Å². The first kappa shape index (κ1) is 11.0. The van der Waals surface area contributed by atoms with Crippen molar-refractivity contribution in [3.05, 3.63) is 23.4 Å². The Hall–Kier alpha value is -1.09. The Morgan fingerprint density at radius 2 is 2.14 bits per heavy atom. The zero-order valence-electron chi connectivity index (χ0n) is 9.29. The van der Waals surface area contributed by atoms with Gasteiger partial charge in [-0.2, -0.15) is 0 Å². The number of hydrogen-bond donors (Lipinski definition) is 1. The first-order valence-electron chi connectivity index (χ1n) is 4.91. The van der Waals surface area contributed by atoms with Gasteiger partial charge in [0.05, 0.1) is 6.10 Å². The van der Waals surface area contributed by atoms with Gasteiger partial charge in [-0.3, -0.25) is 0 Å². The molecule has 0 saturated heterocycles. The number of nitrogens with zero attached hydrogens (tertiary/aromatic N) is 1. The first-order chi connectivity index (χ1) is 6.63. The quantitative estimate of drug-likeness (QED) is 0.795. The van der Waals surface area contributed by atoms with E-state index in [2.05, 4.69) is 16.4 Å². The molecule has 0 radical (unpaired) electrons. The molecule has 0 fully saturated rings. The molecule has 1 heterocycles. The summed E-state index contributed by atoms with van der Waals surface area (Å²) in [5.41, 5.74) is 2.24. The van der Waals surface area contributed by atoms with Crippen LogP contribution < -0.4 is 10.1 Å². The van der Waals surface area contributed by atoms with Gasteiger partial charge in [0, 0.05) is 18.3 Å². The molecule has 1 aromatic rings.